The highest BCUT2D eigenvalue weighted by Gasteiger charge is 2.21. The summed E-state index contributed by atoms with van der Waals surface area (Å²) in [6.45, 7) is 5.33. The molecule has 0 aromatic heterocycles. The highest BCUT2D eigenvalue weighted by Crippen LogP contribution is 2.21. The molecule has 2 N–H and O–H groups in total. The van der Waals surface area contributed by atoms with Crippen molar-refractivity contribution >= 4 is 34.8 Å². The van der Waals surface area contributed by atoms with E-state index in [1.165, 1.54) is 0 Å². The summed E-state index contributed by atoms with van der Waals surface area (Å²) in [7, 11) is 0. The molecule has 2 aromatic carbocycles. The van der Waals surface area contributed by atoms with Crippen LogP contribution in [0.5, 0.6) is 5.75 Å². The predicted octanol–water partition coefficient (Wildman–Crippen LogP) is 4.23. The monoisotopic (exact) mass is 425 g/mol. The second-order valence-electron chi connectivity index (χ2n) is 7.47. The molecule has 158 valence electrons. The second-order valence-corrected chi connectivity index (χ2v) is 7.88. The number of para-hydroxylation sites is 2. The number of hydrogen-bond donors (Lipinski definition) is 2. The van der Waals surface area contributed by atoms with Gasteiger partial charge in [-0.2, -0.15) is 0 Å². The molecule has 6 nitrogen and oxygen atoms in total. The summed E-state index contributed by atoms with van der Waals surface area (Å²) < 4.78 is 5.71. The van der Waals surface area contributed by atoms with E-state index in [4.69, 9.17) is 17.0 Å². The van der Waals surface area contributed by atoms with Gasteiger partial charge in [-0.15, -0.1) is 0 Å². The molecule has 1 fully saturated rings. The number of ether oxygens (including phenoxy) is 1. The molecule has 3 rings (SSSR count). The number of anilines is 1. The van der Waals surface area contributed by atoms with Gasteiger partial charge in [0.2, 0.25) is 0 Å². The van der Waals surface area contributed by atoms with Crippen molar-refractivity contribution in [1.29, 1.82) is 0 Å². The molecular weight excluding hydrogens is 398 g/mol. The van der Waals surface area contributed by atoms with Crippen LogP contribution in [0.1, 0.15) is 53.8 Å². The summed E-state index contributed by atoms with van der Waals surface area (Å²) >= 11 is 5.34. The topological polar surface area (TPSA) is 70.7 Å². The van der Waals surface area contributed by atoms with Crippen LogP contribution >= 0.6 is 12.2 Å². The Morgan fingerprint density at radius 2 is 1.60 bits per heavy atom. The van der Waals surface area contributed by atoms with Gasteiger partial charge >= 0.3 is 0 Å². The molecule has 0 bridgehead atoms. The lowest BCUT2D eigenvalue weighted by atomic mass is 10.1. The lowest BCUT2D eigenvalue weighted by molar-refractivity contribution is 0.0725. The van der Waals surface area contributed by atoms with E-state index < -0.39 is 0 Å². The zero-order valence-corrected chi connectivity index (χ0v) is 18.1. The molecule has 1 heterocycles. The molecule has 2 aromatic rings. The molecule has 1 aliphatic heterocycles. The summed E-state index contributed by atoms with van der Waals surface area (Å²) in [6, 6.07) is 14.2. The Morgan fingerprint density at radius 3 is 2.30 bits per heavy atom. The van der Waals surface area contributed by atoms with Gasteiger partial charge in [0.25, 0.3) is 11.8 Å². The SMILES string of the molecule is CC(C)Oc1ccccc1C(=O)NC(=S)Nc1ccccc1C(=O)N1CCCCC1. The first-order valence-corrected chi connectivity index (χ1v) is 10.6. The minimum Gasteiger partial charge on any atom is -0.490 e. The largest absolute Gasteiger partial charge is 0.490 e. The van der Waals surface area contributed by atoms with Gasteiger partial charge in [0, 0.05) is 13.1 Å². The number of carbonyl (C=O) groups excluding carboxylic acids is 2. The Morgan fingerprint density at radius 1 is 0.967 bits per heavy atom. The third-order valence-corrected chi connectivity index (χ3v) is 4.97. The number of nitrogens with zero attached hydrogens (tertiary/aromatic N) is 1. The van der Waals surface area contributed by atoms with Crippen LogP contribution < -0.4 is 15.4 Å². The van der Waals surface area contributed by atoms with Crippen LogP contribution in [-0.4, -0.2) is 41.0 Å². The maximum atomic E-state index is 12.9. The van der Waals surface area contributed by atoms with Crippen LogP contribution in [0.15, 0.2) is 48.5 Å². The normalized spacial score (nSPS) is 13.6. The molecule has 1 saturated heterocycles. The number of benzene rings is 2. The maximum Gasteiger partial charge on any atom is 0.261 e. The summed E-state index contributed by atoms with van der Waals surface area (Å²) in [6.07, 6.45) is 3.14. The van der Waals surface area contributed by atoms with E-state index in [-0.39, 0.29) is 23.0 Å². The van der Waals surface area contributed by atoms with Gasteiger partial charge in [-0.25, -0.2) is 0 Å². The fourth-order valence-electron chi connectivity index (χ4n) is 3.38. The standard InChI is InChI=1S/C23H27N3O3S/c1-16(2)29-20-13-7-5-11-18(20)21(27)25-23(30)24-19-12-6-4-10-17(19)22(28)26-14-8-3-9-15-26/h4-7,10-13,16H,3,8-9,14-15H2,1-2H3,(H2,24,25,27,30). The second kappa shape index (κ2) is 10.2. The van der Waals surface area contributed by atoms with Crippen LogP contribution in [0.4, 0.5) is 5.69 Å². The molecule has 0 saturated carbocycles. The first kappa shape index (κ1) is 21.8. The number of hydrogen-bond acceptors (Lipinski definition) is 4. The van der Waals surface area contributed by atoms with E-state index in [1.807, 2.05) is 36.9 Å². The van der Waals surface area contributed by atoms with E-state index >= 15 is 0 Å². The number of thiocarbonyl (C=S) groups is 1. The van der Waals surface area contributed by atoms with Gasteiger partial charge in [0.05, 0.1) is 22.9 Å². The van der Waals surface area contributed by atoms with Gasteiger partial charge in [-0.05, 0) is 69.6 Å². The molecule has 0 spiro atoms. The van der Waals surface area contributed by atoms with Crippen molar-refractivity contribution in [2.75, 3.05) is 18.4 Å². The van der Waals surface area contributed by atoms with Crippen molar-refractivity contribution in [3.05, 3.63) is 59.7 Å². The van der Waals surface area contributed by atoms with Gasteiger partial charge in [-0.3, -0.25) is 14.9 Å². The third-order valence-electron chi connectivity index (χ3n) is 4.77. The zero-order valence-electron chi connectivity index (χ0n) is 17.3. The molecule has 7 heteroatoms. The number of rotatable bonds is 5. The van der Waals surface area contributed by atoms with Crippen LogP contribution in [0.25, 0.3) is 0 Å². The summed E-state index contributed by atoms with van der Waals surface area (Å²) in [5.41, 5.74) is 1.51. The van der Waals surface area contributed by atoms with Gasteiger partial charge in [0.1, 0.15) is 5.75 Å². The van der Waals surface area contributed by atoms with Crippen molar-refractivity contribution < 1.29 is 14.3 Å². The predicted molar refractivity (Wildman–Crippen MR) is 122 cm³/mol. The van der Waals surface area contributed by atoms with Crippen molar-refractivity contribution in [3.63, 3.8) is 0 Å². The summed E-state index contributed by atoms with van der Waals surface area (Å²) in [4.78, 5) is 27.5. The Labute approximate surface area is 182 Å². The lowest BCUT2D eigenvalue weighted by Crippen LogP contribution is -2.37. The number of likely N-dealkylation sites (tertiary alicyclic amines) is 1. The van der Waals surface area contributed by atoms with Crippen molar-refractivity contribution in [3.8, 4) is 5.75 Å². The zero-order chi connectivity index (χ0) is 21.5. The van der Waals surface area contributed by atoms with Crippen LogP contribution in [0, 0.1) is 0 Å². The highest BCUT2D eigenvalue weighted by atomic mass is 32.1. The average Bonchev–Trinajstić information content (AvgIpc) is 2.74. The van der Waals surface area contributed by atoms with E-state index in [0.29, 0.717) is 22.6 Å². The number of nitrogens with one attached hydrogen (secondary N) is 2. The van der Waals surface area contributed by atoms with E-state index in [1.54, 1.807) is 30.3 Å². The fraction of sp³-hybridized carbons (Fsp3) is 0.348. The lowest BCUT2D eigenvalue weighted by Gasteiger charge is -2.27. The summed E-state index contributed by atoms with van der Waals surface area (Å²) in [5, 5.41) is 5.81. The Kier molecular flexibility index (Phi) is 7.41. The van der Waals surface area contributed by atoms with Crippen molar-refractivity contribution in [2.45, 2.75) is 39.2 Å². The molecule has 2 amide bonds. The van der Waals surface area contributed by atoms with Crippen LogP contribution in [0.2, 0.25) is 0 Å². The van der Waals surface area contributed by atoms with E-state index in [0.717, 1.165) is 32.4 Å². The third kappa shape index (κ3) is 5.57. The molecule has 0 atom stereocenters. The first-order valence-electron chi connectivity index (χ1n) is 10.2. The molecule has 1 aliphatic rings. The minimum absolute atomic E-state index is 0.0254. The smallest absolute Gasteiger partial charge is 0.261 e. The maximum absolute atomic E-state index is 12.9. The van der Waals surface area contributed by atoms with Gasteiger partial charge in [-0.1, -0.05) is 24.3 Å². The van der Waals surface area contributed by atoms with E-state index in [9.17, 15) is 9.59 Å². The average molecular weight is 426 g/mol. The number of piperidine rings is 1. The molecule has 30 heavy (non-hydrogen) atoms. The molecule has 0 aliphatic carbocycles. The highest BCUT2D eigenvalue weighted by molar-refractivity contribution is 7.80. The number of amides is 2. The van der Waals surface area contributed by atoms with Crippen LogP contribution in [0.3, 0.4) is 0 Å². The quantitative estimate of drug-likeness (QED) is 0.702. The van der Waals surface area contributed by atoms with Crippen molar-refractivity contribution in [2.24, 2.45) is 0 Å². The van der Waals surface area contributed by atoms with Gasteiger partial charge < -0.3 is 15.0 Å². The fourth-order valence-corrected chi connectivity index (χ4v) is 3.58. The first-order chi connectivity index (χ1) is 14.5. The Hall–Kier alpha value is -2.93. The molecule has 0 unspecified atom stereocenters. The molecule has 0 radical (unpaired) electrons. The van der Waals surface area contributed by atoms with Crippen molar-refractivity contribution in [1.82, 2.24) is 10.2 Å². The van der Waals surface area contributed by atoms with Crippen LogP contribution in [-0.2, 0) is 0 Å². The Balaban J connectivity index is 1.70. The Bertz CT molecular complexity index is 923. The number of carbonyl (C=O) groups is 2. The summed E-state index contributed by atoms with van der Waals surface area (Å²) in [5.74, 6) is 0.0969. The van der Waals surface area contributed by atoms with Gasteiger partial charge in [0.15, 0.2) is 5.11 Å². The molecular formula is C23H27N3O3S. The minimum atomic E-state index is -0.372. The van der Waals surface area contributed by atoms with E-state index in [2.05, 4.69) is 10.6 Å².